The van der Waals surface area contributed by atoms with Gasteiger partial charge in [0.15, 0.2) is 5.82 Å². The van der Waals surface area contributed by atoms with Crippen LogP contribution in [0, 0.1) is 0 Å². The number of thiophene rings is 1. The summed E-state index contributed by atoms with van der Waals surface area (Å²) < 4.78 is 2.62. The van der Waals surface area contributed by atoms with Crippen molar-refractivity contribution in [2.45, 2.75) is 31.8 Å². The summed E-state index contributed by atoms with van der Waals surface area (Å²) in [5.41, 5.74) is 1.37. The molecule has 0 radical (unpaired) electrons. The average Bonchev–Trinajstić information content (AvgIpc) is 2.91. The molecule has 1 atom stereocenters. The molecule has 3 rings (SSSR count). The van der Waals surface area contributed by atoms with Crippen molar-refractivity contribution in [2.75, 3.05) is 0 Å². The molecular weight excluding hydrogens is 268 g/mol. The predicted octanol–water partition coefficient (Wildman–Crippen LogP) is 2.70. The Bertz CT molecular complexity index is 548. The highest BCUT2D eigenvalue weighted by Crippen LogP contribution is 2.37. The van der Waals surface area contributed by atoms with Gasteiger partial charge in [-0.1, -0.05) is 11.6 Å². The number of rotatable bonds is 3. The van der Waals surface area contributed by atoms with Gasteiger partial charge in [-0.25, -0.2) is 4.98 Å². The molecule has 1 N–H and O–H groups in total. The van der Waals surface area contributed by atoms with E-state index in [9.17, 15) is 0 Å². The number of nitrogens with one attached hydrogen (secondary N) is 1. The SMILES string of the molecule is Cn1cnc(CNC2CCCc3sc(Cl)cc32)n1. The van der Waals surface area contributed by atoms with Crippen molar-refractivity contribution in [1.82, 2.24) is 20.1 Å². The molecular formula is C12H15ClN4S. The summed E-state index contributed by atoms with van der Waals surface area (Å²) in [5.74, 6) is 0.839. The molecule has 1 aliphatic rings. The Morgan fingerprint density at radius 1 is 1.61 bits per heavy atom. The highest BCUT2D eigenvalue weighted by atomic mass is 35.5. The lowest BCUT2D eigenvalue weighted by Crippen LogP contribution is -2.24. The van der Waals surface area contributed by atoms with Crippen molar-refractivity contribution in [3.05, 3.63) is 33.0 Å². The second kappa shape index (κ2) is 4.99. The molecule has 0 aromatic carbocycles. The summed E-state index contributed by atoms with van der Waals surface area (Å²) in [7, 11) is 1.88. The molecule has 18 heavy (non-hydrogen) atoms. The van der Waals surface area contributed by atoms with Gasteiger partial charge in [0, 0.05) is 18.0 Å². The Balaban J connectivity index is 1.70. The molecule has 6 heteroatoms. The minimum atomic E-state index is 0.390. The Morgan fingerprint density at radius 2 is 2.50 bits per heavy atom. The highest BCUT2D eigenvalue weighted by Gasteiger charge is 2.22. The van der Waals surface area contributed by atoms with E-state index in [1.54, 1.807) is 22.3 Å². The van der Waals surface area contributed by atoms with Gasteiger partial charge >= 0.3 is 0 Å². The smallest absolute Gasteiger partial charge is 0.164 e. The third-order valence-corrected chi connectivity index (χ3v) is 4.58. The summed E-state index contributed by atoms with van der Waals surface area (Å²) in [4.78, 5) is 5.66. The van der Waals surface area contributed by atoms with Gasteiger partial charge in [-0.2, -0.15) is 5.10 Å². The van der Waals surface area contributed by atoms with E-state index in [2.05, 4.69) is 21.5 Å². The fourth-order valence-corrected chi connectivity index (χ4v) is 3.80. The maximum absolute atomic E-state index is 6.10. The lowest BCUT2D eigenvalue weighted by Gasteiger charge is -2.23. The Hall–Kier alpha value is -0.910. The molecule has 2 aromatic heterocycles. The van der Waals surface area contributed by atoms with Crippen LogP contribution >= 0.6 is 22.9 Å². The van der Waals surface area contributed by atoms with Gasteiger partial charge in [0.1, 0.15) is 6.33 Å². The van der Waals surface area contributed by atoms with Gasteiger partial charge in [0.25, 0.3) is 0 Å². The zero-order valence-corrected chi connectivity index (χ0v) is 11.8. The first-order valence-electron chi connectivity index (χ1n) is 6.08. The molecule has 2 aromatic rings. The number of fused-ring (bicyclic) bond motifs is 1. The number of halogens is 1. The lowest BCUT2D eigenvalue weighted by atomic mass is 9.94. The monoisotopic (exact) mass is 282 g/mol. The number of hydrogen-bond acceptors (Lipinski definition) is 4. The van der Waals surface area contributed by atoms with Crippen molar-refractivity contribution < 1.29 is 0 Å². The second-order valence-electron chi connectivity index (χ2n) is 4.59. The number of hydrogen-bond donors (Lipinski definition) is 1. The van der Waals surface area contributed by atoms with Crippen molar-refractivity contribution >= 4 is 22.9 Å². The topological polar surface area (TPSA) is 42.7 Å². The van der Waals surface area contributed by atoms with Gasteiger partial charge < -0.3 is 5.32 Å². The molecule has 0 spiro atoms. The van der Waals surface area contributed by atoms with E-state index < -0.39 is 0 Å². The third-order valence-electron chi connectivity index (χ3n) is 3.24. The molecule has 4 nitrogen and oxygen atoms in total. The first-order chi connectivity index (χ1) is 8.72. The zero-order valence-electron chi connectivity index (χ0n) is 10.2. The molecule has 96 valence electrons. The molecule has 0 aliphatic heterocycles. The summed E-state index contributed by atoms with van der Waals surface area (Å²) in [6, 6.07) is 2.49. The van der Waals surface area contributed by atoms with Crippen LogP contribution in [0.3, 0.4) is 0 Å². The minimum absolute atomic E-state index is 0.390. The van der Waals surface area contributed by atoms with E-state index >= 15 is 0 Å². The fraction of sp³-hybridized carbons (Fsp3) is 0.500. The minimum Gasteiger partial charge on any atom is -0.303 e. The van der Waals surface area contributed by atoms with Crippen molar-refractivity contribution in [3.63, 3.8) is 0 Å². The fourth-order valence-electron chi connectivity index (χ4n) is 2.41. The van der Waals surface area contributed by atoms with Gasteiger partial charge in [0.05, 0.1) is 10.9 Å². The van der Waals surface area contributed by atoms with Crippen LogP contribution in [0.4, 0.5) is 0 Å². The van der Waals surface area contributed by atoms with E-state index in [1.165, 1.54) is 16.9 Å². The highest BCUT2D eigenvalue weighted by molar-refractivity contribution is 7.16. The van der Waals surface area contributed by atoms with E-state index in [4.69, 9.17) is 11.6 Å². The van der Waals surface area contributed by atoms with Crippen LogP contribution in [0.15, 0.2) is 12.4 Å². The van der Waals surface area contributed by atoms with Gasteiger partial charge in [0.2, 0.25) is 0 Å². The van der Waals surface area contributed by atoms with Crippen LogP contribution < -0.4 is 5.32 Å². The molecule has 0 saturated carbocycles. The molecule has 0 fully saturated rings. The van der Waals surface area contributed by atoms with Crippen molar-refractivity contribution in [3.8, 4) is 0 Å². The maximum Gasteiger partial charge on any atom is 0.164 e. The van der Waals surface area contributed by atoms with Crippen LogP contribution in [0.1, 0.15) is 35.1 Å². The average molecular weight is 283 g/mol. The van der Waals surface area contributed by atoms with Crippen LogP contribution in [0.25, 0.3) is 0 Å². The van der Waals surface area contributed by atoms with E-state index in [1.807, 2.05) is 7.05 Å². The van der Waals surface area contributed by atoms with Gasteiger partial charge in [-0.3, -0.25) is 4.68 Å². The number of nitrogens with zero attached hydrogens (tertiary/aromatic N) is 3. The predicted molar refractivity (Wildman–Crippen MR) is 72.9 cm³/mol. The van der Waals surface area contributed by atoms with E-state index in [-0.39, 0.29) is 0 Å². The molecule has 1 unspecified atom stereocenters. The van der Waals surface area contributed by atoms with Crippen molar-refractivity contribution in [2.24, 2.45) is 7.05 Å². The van der Waals surface area contributed by atoms with Crippen LogP contribution in [-0.4, -0.2) is 14.8 Å². The first-order valence-corrected chi connectivity index (χ1v) is 7.28. The first kappa shape index (κ1) is 12.1. The van der Waals surface area contributed by atoms with E-state index in [0.717, 1.165) is 23.0 Å². The summed E-state index contributed by atoms with van der Waals surface area (Å²) in [6.45, 7) is 0.707. The molecule has 1 aliphatic carbocycles. The van der Waals surface area contributed by atoms with Gasteiger partial charge in [-0.05, 0) is 30.9 Å². The summed E-state index contributed by atoms with van der Waals surface area (Å²) >= 11 is 7.81. The van der Waals surface area contributed by atoms with Crippen LogP contribution in [-0.2, 0) is 20.0 Å². The summed E-state index contributed by atoms with van der Waals surface area (Å²) in [6.07, 6.45) is 5.27. The number of aryl methyl sites for hydroxylation is 2. The Kier molecular flexibility index (Phi) is 3.37. The quantitative estimate of drug-likeness (QED) is 0.941. The van der Waals surface area contributed by atoms with Gasteiger partial charge in [-0.15, -0.1) is 11.3 Å². The lowest BCUT2D eigenvalue weighted by molar-refractivity contribution is 0.456. The molecule has 0 bridgehead atoms. The van der Waals surface area contributed by atoms with Crippen molar-refractivity contribution in [1.29, 1.82) is 0 Å². The standard InChI is InChI=1S/C12H15ClN4S/c1-17-7-15-12(16-17)6-14-9-3-2-4-10-8(9)5-11(13)18-10/h5,7,9,14H,2-4,6H2,1H3. The maximum atomic E-state index is 6.10. The van der Waals surface area contributed by atoms with Crippen LogP contribution in [0.5, 0.6) is 0 Å². The largest absolute Gasteiger partial charge is 0.303 e. The molecule has 0 amide bonds. The molecule has 2 heterocycles. The normalized spacial score (nSPS) is 18.9. The second-order valence-corrected chi connectivity index (χ2v) is 6.36. The molecule has 0 saturated heterocycles. The van der Waals surface area contributed by atoms with Crippen LogP contribution in [0.2, 0.25) is 4.34 Å². The Labute approximate surface area is 115 Å². The van der Waals surface area contributed by atoms with E-state index in [0.29, 0.717) is 12.6 Å². The Morgan fingerprint density at radius 3 is 3.28 bits per heavy atom. The third kappa shape index (κ3) is 2.43. The summed E-state index contributed by atoms with van der Waals surface area (Å²) in [5, 5.41) is 7.81. The number of aromatic nitrogens is 3. The zero-order chi connectivity index (χ0) is 12.5.